The monoisotopic (exact) mass is 275 g/mol. The van der Waals surface area contributed by atoms with Gasteiger partial charge in [-0.1, -0.05) is 23.7 Å². The lowest BCUT2D eigenvalue weighted by Gasteiger charge is -2.37. The number of hydrogen-bond donors (Lipinski definition) is 1. The number of benzene rings is 1. The van der Waals surface area contributed by atoms with Crippen LogP contribution in [0.15, 0.2) is 24.3 Å². The molecule has 0 aromatic heterocycles. The number of hydrogen-bond acceptors (Lipinski definition) is 1. The molecule has 102 valence electrons. The summed E-state index contributed by atoms with van der Waals surface area (Å²) in [5.41, 5.74) is 2.16. The lowest BCUT2D eigenvalue weighted by Crippen LogP contribution is -2.43. The Labute approximate surface area is 120 Å². The third kappa shape index (κ3) is 2.43. The summed E-state index contributed by atoms with van der Waals surface area (Å²) in [6.07, 6.45) is 8.54. The van der Waals surface area contributed by atoms with Gasteiger partial charge in [-0.15, -0.1) is 0 Å². The van der Waals surface area contributed by atoms with Crippen molar-refractivity contribution in [2.75, 3.05) is 6.54 Å². The predicted octanol–water partition coefficient (Wildman–Crippen LogP) is 4.37. The summed E-state index contributed by atoms with van der Waals surface area (Å²) in [7, 11) is 0. The van der Waals surface area contributed by atoms with Gasteiger partial charge < -0.3 is 5.32 Å². The van der Waals surface area contributed by atoms with E-state index in [1.54, 1.807) is 0 Å². The Morgan fingerprint density at radius 3 is 2.63 bits per heavy atom. The van der Waals surface area contributed by atoms with E-state index in [1.807, 2.05) is 6.07 Å². The first-order valence-corrected chi connectivity index (χ1v) is 8.12. The Hall–Kier alpha value is -0.530. The molecule has 0 saturated heterocycles. The first kappa shape index (κ1) is 12.2. The molecule has 0 unspecified atom stereocenters. The van der Waals surface area contributed by atoms with E-state index in [4.69, 9.17) is 11.6 Å². The molecule has 3 aliphatic rings. The second-order valence-electron chi connectivity index (χ2n) is 6.94. The number of rotatable bonds is 5. The standard InChI is InChI=1S/C17H22ClN/c18-15-3-1-2-12(8-15)13-9-16(10-13)19-11-17(6-7-17)14-4-5-14/h1-3,8,13-14,16,19H,4-7,9-11H2. The highest BCUT2D eigenvalue weighted by atomic mass is 35.5. The fourth-order valence-corrected chi connectivity index (χ4v) is 3.95. The Kier molecular flexibility index (Phi) is 2.89. The molecule has 4 rings (SSSR count). The molecule has 0 bridgehead atoms. The lowest BCUT2D eigenvalue weighted by molar-refractivity contribution is 0.262. The zero-order chi connectivity index (χ0) is 12.9. The maximum atomic E-state index is 6.06. The van der Waals surface area contributed by atoms with Gasteiger partial charge in [-0.05, 0) is 73.5 Å². The van der Waals surface area contributed by atoms with E-state index in [1.165, 1.54) is 50.6 Å². The fraction of sp³-hybridized carbons (Fsp3) is 0.647. The molecular formula is C17H22ClN. The first-order chi connectivity index (χ1) is 9.25. The molecule has 0 atom stereocenters. The molecule has 3 saturated carbocycles. The summed E-state index contributed by atoms with van der Waals surface area (Å²) in [4.78, 5) is 0. The van der Waals surface area contributed by atoms with Gasteiger partial charge in [0.2, 0.25) is 0 Å². The Balaban J connectivity index is 1.26. The van der Waals surface area contributed by atoms with Crippen molar-refractivity contribution in [2.45, 2.75) is 50.5 Å². The Bertz CT molecular complexity index is 470. The van der Waals surface area contributed by atoms with Crippen molar-refractivity contribution in [3.63, 3.8) is 0 Å². The third-order valence-corrected chi connectivity index (χ3v) is 5.77. The van der Waals surface area contributed by atoms with Crippen molar-refractivity contribution >= 4 is 11.6 Å². The molecule has 19 heavy (non-hydrogen) atoms. The minimum atomic E-state index is 0.729. The topological polar surface area (TPSA) is 12.0 Å². The van der Waals surface area contributed by atoms with E-state index in [-0.39, 0.29) is 0 Å². The van der Waals surface area contributed by atoms with Crippen LogP contribution >= 0.6 is 11.6 Å². The fourth-order valence-electron chi connectivity index (χ4n) is 3.75. The van der Waals surface area contributed by atoms with Gasteiger partial charge in [0, 0.05) is 17.6 Å². The van der Waals surface area contributed by atoms with Gasteiger partial charge in [-0.2, -0.15) is 0 Å². The van der Waals surface area contributed by atoms with Gasteiger partial charge in [-0.25, -0.2) is 0 Å². The second-order valence-corrected chi connectivity index (χ2v) is 7.37. The molecule has 0 amide bonds. The van der Waals surface area contributed by atoms with Crippen LogP contribution < -0.4 is 5.32 Å². The molecule has 1 aromatic rings. The largest absolute Gasteiger partial charge is 0.313 e. The molecular weight excluding hydrogens is 254 g/mol. The highest BCUT2D eigenvalue weighted by Gasteiger charge is 2.53. The lowest BCUT2D eigenvalue weighted by atomic mass is 9.75. The van der Waals surface area contributed by atoms with Crippen LogP contribution in [0.4, 0.5) is 0 Å². The molecule has 1 aromatic carbocycles. The summed E-state index contributed by atoms with van der Waals surface area (Å²) >= 11 is 6.06. The summed E-state index contributed by atoms with van der Waals surface area (Å²) in [6, 6.07) is 9.14. The highest BCUT2D eigenvalue weighted by Crippen LogP contribution is 2.61. The van der Waals surface area contributed by atoms with E-state index in [0.29, 0.717) is 0 Å². The normalized spacial score (nSPS) is 31.8. The zero-order valence-corrected chi connectivity index (χ0v) is 12.1. The molecule has 0 radical (unpaired) electrons. The predicted molar refractivity (Wildman–Crippen MR) is 79.6 cm³/mol. The van der Waals surface area contributed by atoms with Gasteiger partial charge in [-0.3, -0.25) is 0 Å². The van der Waals surface area contributed by atoms with E-state index >= 15 is 0 Å². The average Bonchev–Trinajstić information content (AvgIpc) is 3.21. The maximum Gasteiger partial charge on any atom is 0.0408 e. The van der Waals surface area contributed by atoms with E-state index < -0.39 is 0 Å². The molecule has 0 heterocycles. The quantitative estimate of drug-likeness (QED) is 0.842. The van der Waals surface area contributed by atoms with Crippen LogP contribution in [0.5, 0.6) is 0 Å². The van der Waals surface area contributed by atoms with Crippen LogP contribution in [-0.4, -0.2) is 12.6 Å². The minimum Gasteiger partial charge on any atom is -0.313 e. The van der Waals surface area contributed by atoms with Crippen LogP contribution in [0.2, 0.25) is 5.02 Å². The van der Waals surface area contributed by atoms with Gasteiger partial charge >= 0.3 is 0 Å². The van der Waals surface area contributed by atoms with Crippen molar-refractivity contribution in [2.24, 2.45) is 11.3 Å². The van der Waals surface area contributed by atoms with Crippen LogP contribution in [0.25, 0.3) is 0 Å². The maximum absolute atomic E-state index is 6.06. The second kappa shape index (κ2) is 4.49. The molecule has 1 nitrogen and oxygen atoms in total. The van der Waals surface area contributed by atoms with E-state index in [0.717, 1.165) is 28.3 Å². The van der Waals surface area contributed by atoms with Crippen LogP contribution in [-0.2, 0) is 0 Å². The van der Waals surface area contributed by atoms with Gasteiger partial charge in [0.05, 0.1) is 0 Å². The van der Waals surface area contributed by atoms with Crippen molar-refractivity contribution in [3.05, 3.63) is 34.9 Å². The van der Waals surface area contributed by atoms with Crippen molar-refractivity contribution < 1.29 is 0 Å². The summed E-state index contributed by atoms with van der Waals surface area (Å²) in [6.45, 7) is 1.28. The van der Waals surface area contributed by atoms with E-state index in [2.05, 4.69) is 23.5 Å². The van der Waals surface area contributed by atoms with Crippen molar-refractivity contribution in [3.8, 4) is 0 Å². The molecule has 2 heteroatoms. The molecule has 3 aliphatic carbocycles. The van der Waals surface area contributed by atoms with Gasteiger partial charge in [0.1, 0.15) is 0 Å². The smallest absolute Gasteiger partial charge is 0.0408 e. The van der Waals surface area contributed by atoms with Crippen molar-refractivity contribution in [1.29, 1.82) is 0 Å². The Morgan fingerprint density at radius 2 is 2.00 bits per heavy atom. The summed E-state index contributed by atoms with van der Waals surface area (Å²) in [5.74, 6) is 1.80. The van der Waals surface area contributed by atoms with Crippen LogP contribution in [0.1, 0.15) is 50.0 Å². The summed E-state index contributed by atoms with van der Waals surface area (Å²) in [5, 5.41) is 4.70. The van der Waals surface area contributed by atoms with Gasteiger partial charge in [0.25, 0.3) is 0 Å². The average molecular weight is 276 g/mol. The Morgan fingerprint density at radius 1 is 1.21 bits per heavy atom. The summed E-state index contributed by atoms with van der Waals surface area (Å²) < 4.78 is 0. The number of nitrogens with one attached hydrogen (secondary N) is 1. The first-order valence-electron chi connectivity index (χ1n) is 7.74. The zero-order valence-electron chi connectivity index (χ0n) is 11.4. The molecule has 3 fully saturated rings. The molecule has 0 aliphatic heterocycles. The van der Waals surface area contributed by atoms with Crippen molar-refractivity contribution in [1.82, 2.24) is 5.32 Å². The van der Waals surface area contributed by atoms with Crippen LogP contribution in [0, 0.1) is 11.3 Å². The van der Waals surface area contributed by atoms with Gasteiger partial charge in [0.15, 0.2) is 0 Å². The SMILES string of the molecule is Clc1cccc(C2CC(NCC3(C4CC4)CC3)C2)c1. The molecule has 1 N–H and O–H groups in total. The minimum absolute atomic E-state index is 0.729. The highest BCUT2D eigenvalue weighted by molar-refractivity contribution is 6.30. The molecule has 0 spiro atoms. The third-order valence-electron chi connectivity index (χ3n) is 5.54. The van der Waals surface area contributed by atoms with Crippen LogP contribution in [0.3, 0.4) is 0 Å². The number of halogens is 1. The van der Waals surface area contributed by atoms with E-state index in [9.17, 15) is 0 Å².